The first-order valence-electron chi connectivity index (χ1n) is 13.0. The summed E-state index contributed by atoms with van der Waals surface area (Å²) in [5.41, 5.74) is 3.56. The number of halogens is 1. The van der Waals surface area contributed by atoms with Gasteiger partial charge in [0.15, 0.2) is 6.73 Å². The number of hydrogen-bond donors (Lipinski definition) is 0. The lowest BCUT2D eigenvalue weighted by Gasteiger charge is -2.49. The van der Waals surface area contributed by atoms with Gasteiger partial charge in [-0.1, -0.05) is 84.4 Å². The number of hydrogen-bond acceptors (Lipinski definition) is 3. The molecule has 0 radical (unpaired) electrons. The van der Waals surface area contributed by atoms with Gasteiger partial charge in [0.1, 0.15) is 5.60 Å². The van der Waals surface area contributed by atoms with Crippen molar-refractivity contribution in [3.8, 4) is 5.88 Å². The van der Waals surface area contributed by atoms with Crippen LogP contribution in [0.5, 0.6) is 5.88 Å². The highest BCUT2D eigenvalue weighted by atomic mass is 35.5. The molecule has 0 unspecified atom stereocenters. The third-order valence-corrected chi connectivity index (χ3v) is 8.11. The zero-order chi connectivity index (χ0) is 26.3. The highest BCUT2D eigenvalue weighted by Gasteiger charge is 2.50. The van der Waals surface area contributed by atoms with E-state index in [1.165, 1.54) is 16.3 Å². The fourth-order valence-electron chi connectivity index (χ4n) is 5.95. The van der Waals surface area contributed by atoms with Gasteiger partial charge in [0.05, 0.1) is 33.3 Å². The molecule has 4 aromatic carbocycles. The lowest BCUT2D eigenvalue weighted by Crippen LogP contribution is -2.55. The van der Waals surface area contributed by atoms with Crippen LogP contribution >= 0.6 is 11.6 Å². The van der Waals surface area contributed by atoms with E-state index in [1.54, 1.807) is 7.11 Å². The van der Waals surface area contributed by atoms with Crippen LogP contribution in [0.4, 0.5) is 0 Å². The molecule has 1 aromatic heterocycles. The van der Waals surface area contributed by atoms with Gasteiger partial charge in [0, 0.05) is 28.3 Å². The van der Waals surface area contributed by atoms with Crippen LogP contribution in [0.2, 0.25) is 5.02 Å². The molecule has 0 bridgehead atoms. The van der Waals surface area contributed by atoms with E-state index in [-0.39, 0.29) is 5.92 Å². The third-order valence-electron chi connectivity index (χ3n) is 7.88. The highest BCUT2D eigenvalue weighted by molar-refractivity contribution is 6.31. The zero-order valence-electron chi connectivity index (χ0n) is 22.0. The summed E-state index contributed by atoms with van der Waals surface area (Å²) in [6.07, 6.45) is 0.838. The zero-order valence-corrected chi connectivity index (χ0v) is 22.8. The molecule has 6 rings (SSSR count). The largest absolute Gasteiger partial charge is 0.481 e. The molecule has 192 valence electrons. The first kappa shape index (κ1) is 24.9. The molecule has 4 nitrogen and oxygen atoms in total. The molecule has 1 aliphatic rings. The second-order valence-corrected chi connectivity index (χ2v) is 11.3. The molecule has 0 amide bonds. The van der Waals surface area contributed by atoms with Gasteiger partial charge in [0.2, 0.25) is 5.88 Å². The van der Waals surface area contributed by atoms with E-state index in [9.17, 15) is 0 Å². The summed E-state index contributed by atoms with van der Waals surface area (Å²) < 4.78 is 13.9. The molecule has 5 aromatic rings. The summed E-state index contributed by atoms with van der Waals surface area (Å²) in [7, 11) is 6.15. The Bertz CT molecular complexity index is 1600. The molecule has 5 heteroatoms. The van der Waals surface area contributed by atoms with E-state index in [2.05, 4.69) is 93.0 Å². The predicted octanol–water partition coefficient (Wildman–Crippen LogP) is 7.53. The average molecular weight is 524 g/mol. The standard InChI is InChI=1S/C33H32ClN2O2/c1-36(2)19-18-33(38-22-36,29-15-9-13-23-10-7-8-14-27(23)29)31(24-11-5-4-6-12-24)28-21-25-20-26(34)16-17-30(25)35-32(28)37-3/h4-17,20-21,31H,18-19,22H2,1-3H3/q+1/t31-,33-/m1/s1. The van der Waals surface area contributed by atoms with Crippen molar-refractivity contribution in [3.05, 3.63) is 119 Å². The van der Waals surface area contributed by atoms with E-state index < -0.39 is 5.60 Å². The summed E-state index contributed by atoms with van der Waals surface area (Å²) in [4.78, 5) is 4.95. The summed E-state index contributed by atoms with van der Waals surface area (Å²) in [6.45, 7) is 1.57. The molecule has 2 heterocycles. The van der Waals surface area contributed by atoms with Gasteiger partial charge in [-0.05, 0) is 46.2 Å². The first-order valence-corrected chi connectivity index (χ1v) is 13.4. The van der Waals surface area contributed by atoms with Crippen molar-refractivity contribution in [1.82, 2.24) is 4.98 Å². The van der Waals surface area contributed by atoms with Crippen molar-refractivity contribution < 1.29 is 14.0 Å². The molecule has 1 aliphatic heterocycles. The van der Waals surface area contributed by atoms with E-state index in [4.69, 9.17) is 26.1 Å². The number of methoxy groups -OCH3 is 1. The Morgan fingerprint density at radius 2 is 1.66 bits per heavy atom. The summed E-state index contributed by atoms with van der Waals surface area (Å²) >= 11 is 6.42. The van der Waals surface area contributed by atoms with Gasteiger partial charge >= 0.3 is 0 Å². The number of quaternary nitrogens is 1. The minimum Gasteiger partial charge on any atom is -0.481 e. The summed E-state index contributed by atoms with van der Waals surface area (Å²) in [6, 6.07) is 33.8. The molecule has 1 saturated heterocycles. The van der Waals surface area contributed by atoms with Crippen molar-refractivity contribution in [2.75, 3.05) is 34.5 Å². The van der Waals surface area contributed by atoms with E-state index >= 15 is 0 Å². The van der Waals surface area contributed by atoms with Crippen LogP contribution in [0, 0.1) is 0 Å². The monoisotopic (exact) mass is 523 g/mol. The number of fused-ring (bicyclic) bond motifs is 2. The van der Waals surface area contributed by atoms with Gasteiger partial charge in [-0.15, -0.1) is 0 Å². The average Bonchev–Trinajstić information content (AvgIpc) is 2.94. The Hall–Kier alpha value is -3.44. The van der Waals surface area contributed by atoms with Crippen molar-refractivity contribution in [3.63, 3.8) is 0 Å². The van der Waals surface area contributed by atoms with Crippen molar-refractivity contribution >= 4 is 33.3 Å². The SMILES string of the molecule is COc1nc2ccc(Cl)cc2cc1[C@@H](c1ccccc1)[C@]1(c2cccc3ccccc23)CC[N+](C)(C)CO1. The van der Waals surface area contributed by atoms with E-state index in [0.29, 0.717) is 17.6 Å². The minimum atomic E-state index is -0.642. The second kappa shape index (κ2) is 9.70. The minimum absolute atomic E-state index is 0.166. The maximum absolute atomic E-state index is 7.14. The molecule has 2 atom stereocenters. The van der Waals surface area contributed by atoms with Crippen LogP contribution in [0.15, 0.2) is 97.1 Å². The van der Waals surface area contributed by atoms with Crippen molar-refractivity contribution in [2.45, 2.75) is 17.9 Å². The molecular weight excluding hydrogens is 492 g/mol. The maximum Gasteiger partial charge on any atom is 0.217 e. The smallest absolute Gasteiger partial charge is 0.217 e. The first-order chi connectivity index (χ1) is 18.4. The van der Waals surface area contributed by atoms with Gasteiger partial charge in [-0.3, -0.25) is 0 Å². The van der Waals surface area contributed by atoms with Crippen LogP contribution in [-0.4, -0.2) is 43.9 Å². The molecular formula is C33H32ClN2O2+. The Balaban J connectivity index is 1.68. The number of benzene rings is 4. The molecule has 38 heavy (non-hydrogen) atoms. The fourth-order valence-corrected chi connectivity index (χ4v) is 6.13. The Morgan fingerprint density at radius 3 is 2.42 bits per heavy atom. The number of ether oxygens (including phenoxy) is 2. The van der Waals surface area contributed by atoms with Gasteiger partial charge in [-0.25, -0.2) is 4.98 Å². The molecule has 0 spiro atoms. The van der Waals surface area contributed by atoms with Gasteiger partial charge < -0.3 is 14.0 Å². The van der Waals surface area contributed by atoms with Crippen molar-refractivity contribution in [2.24, 2.45) is 0 Å². The Labute approximate surface area is 229 Å². The Kier molecular flexibility index (Phi) is 6.35. The van der Waals surface area contributed by atoms with Crippen molar-refractivity contribution in [1.29, 1.82) is 0 Å². The quantitative estimate of drug-likeness (QED) is 0.223. The molecule has 0 N–H and O–H groups in total. The highest BCUT2D eigenvalue weighted by Crippen LogP contribution is 2.52. The van der Waals surface area contributed by atoms with Crippen LogP contribution in [0.3, 0.4) is 0 Å². The Morgan fingerprint density at radius 1 is 0.895 bits per heavy atom. The topological polar surface area (TPSA) is 31.4 Å². The number of aromatic nitrogens is 1. The maximum atomic E-state index is 7.14. The lowest BCUT2D eigenvalue weighted by atomic mass is 9.70. The van der Waals surface area contributed by atoms with E-state index in [0.717, 1.165) is 39.5 Å². The molecule has 0 saturated carbocycles. The molecule has 0 aliphatic carbocycles. The third kappa shape index (κ3) is 4.33. The normalized spacial score (nSPS) is 19.9. The second-order valence-electron chi connectivity index (χ2n) is 10.9. The van der Waals surface area contributed by atoms with Crippen LogP contribution in [0.25, 0.3) is 21.7 Å². The van der Waals surface area contributed by atoms with Gasteiger partial charge in [-0.2, -0.15) is 0 Å². The molecule has 1 fully saturated rings. The summed E-state index contributed by atoms with van der Waals surface area (Å²) in [5.74, 6) is 0.442. The lowest BCUT2D eigenvalue weighted by molar-refractivity contribution is -0.922. The van der Waals surface area contributed by atoms with Crippen LogP contribution in [-0.2, 0) is 10.3 Å². The summed E-state index contributed by atoms with van der Waals surface area (Å²) in [5, 5.41) is 4.08. The number of rotatable bonds is 5. The fraction of sp³-hybridized carbons (Fsp3) is 0.242. The van der Waals surface area contributed by atoms with E-state index in [1.807, 2.05) is 18.2 Å². The van der Waals surface area contributed by atoms with Gasteiger partial charge in [0.25, 0.3) is 0 Å². The number of pyridine rings is 1. The van der Waals surface area contributed by atoms with Crippen LogP contribution < -0.4 is 4.74 Å². The predicted molar refractivity (Wildman–Crippen MR) is 155 cm³/mol. The number of nitrogens with zero attached hydrogens (tertiary/aromatic N) is 2. The van der Waals surface area contributed by atoms with Crippen LogP contribution in [0.1, 0.15) is 29.0 Å².